The van der Waals surface area contributed by atoms with Crippen LogP contribution in [0.15, 0.2) is 18.7 Å². The molecule has 52 valence electrons. The lowest BCUT2D eigenvalue weighted by atomic mass is 10.5. The maximum atomic E-state index is 8.58. The van der Waals surface area contributed by atoms with E-state index in [2.05, 4.69) is 15.1 Å². The van der Waals surface area contributed by atoms with Gasteiger partial charge in [0.05, 0.1) is 12.4 Å². The summed E-state index contributed by atoms with van der Waals surface area (Å²) in [6, 6.07) is 1.95. The zero-order valence-corrected chi connectivity index (χ0v) is 5.47. The quantitative estimate of drug-likeness (QED) is 0.523. The van der Waals surface area contributed by atoms with Crippen molar-refractivity contribution in [3.63, 3.8) is 0 Å². The molecule has 0 aliphatic carbocycles. The Hall–Kier alpha value is -1.96. The Balaban J connectivity index is 2.92. The molecule has 0 radical (unpaired) electrons. The summed E-state index contributed by atoms with van der Waals surface area (Å²) < 4.78 is 1.44. The molecule has 0 spiro atoms. The van der Waals surface area contributed by atoms with Crippen LogP contribution < -0.4 is 0 Å². The zero-order chi connectivity index (χ0) is 7.68. The maximum absolute atomic E-state index is 8.58. The maximum Gasteiger partial charge on any atom is 0.175 e. The zero-order valence-electron chi connectivity index (χ0n) is 5.47. The molecule has 0 fully saturated rings. The Morgan fingerprint density at radius 1 is 1.45 bits per heavy atom. The van der Waals surface area contributed by atoms with E-state index in [-0.39, 0.29) is 0 Å². The second-order valence-corrected chi connectivity index (χ2v) is 1.93. The Morgan fingerprint density at radius 3 is 3.18 bits per heavy atom. The van der Waals surface area contributed by atoms with Crippen LogP contribution in [0, 0.1) is 11.3 Å². The minimum Gasteiger partial charge on any atom is -0.258 e. The Kier molecular flexibility index (Phi) is 1.07. The van der Waals surface area contributed by atoms with Crippen molar-refractivity contribution in [1.29, 1.82) is 5.26 Å². The molecule has 0 bridgehead atoms. The predicted molar refractivity (Wildman–Crippen MR) is 35.5 cm³/mol. The highest BCUT2D eigenvalue weighted by atomic mass is 15.3. The number of hydrogen-bond donors (Lipinski definition) is 0. The fourth-order valence-electron chi connectivity index (χ4n) is 0.830. The molecule has 0 N–H and O–H groups in total. The van der Waals surface area contributed by atoms with Gasteiger partial charge in [-0.1, -0.05) is 0 Å². The van der Waals surface area contributed by atoms with E-state index in [1.165, 1.54) is 17.0 Å². The van der Waals surface area contributed by atoms with Crippen molar-refractivity contribution in [2.45, 2.75) is 0 Å². The fourth-order valence-corrected chi connectivity index (χ4v) is 0.830. The van der Waals surface area contributed by atoms with Gasteiger partial charge in [0.15, 0.2) is 11.3 Å². The molecule has 2 rings (SSSR count). The SMILES string of the molecule is N#Cc1cncc2ncnn12. The van der Waals surface area contributed by atoms with Gasteiger partial charge in [0, 0.05) is 0 Å². The average Bonchev–Trinajstić information content (AvgIpc) is 2.50. The monoisotopic (exact) mass is 145 g/mol. The van der Waals surface area contributed by atoms with Gasteiger partial charge >= 0.3 is 0 Å². The molecule has 0 saturated carbocycles. The minimum absolute atomic E-state index is 0.389. The number of fused-ring (bicyclic) bond motifs is 1. The average molecular weight is 145 g/mol. The molecule has 11 heavy (non-hydrogen) atoms. The molecule has 0 aliphatic heterocycles. The van der Waals surface area contributed by atoms with E-state index in [0.29, 0.717) is 11.3 Å². The van der Waals surface area contributed by atoms with Crippen molar-refractivity contribution in [2.24, 2.45) is 0 Å². The second-order valence-electron chi connectivity index (χ2n) is 1.93. The van der Waals surface area contributed by atoms with E-state index in [4.69, 9.17) is 5.26 Å². The summed E-state index contributed by atoms with van der Waals surface area (Å²) in [5.74, 6) is 0. The molecule has 5 nitrogen and oxygen atoms in total. The van der Waals surface area contributed by atoms with Gasteiger partial charge in [0.2, 0.25) is 0 Å². The van der Waals surface area contributed by atoms with Crippen molar-refractivity contribution >= 4 is 5.65 Å². The molecule has 0 saturated heterocycles. The first-order valence-corrected chi connectivity index (χ1v) is 2.95. The molecule has 2 aromatic rings. The molecule has 0 atom stereocenters. The van der Waals surface area contributed by atoms with Gasteiger partial charge in [0.25, 0.3) is 0 Å². The van der Waals surface area contributed by atoms with Gasteiger partial charge in [0.1, 0.15) is 12.4 Å². The van der Waals surface area contributed by atoms with Gasteiger partial charge in [-0.3, -0.25) is 4.98 Å². The lowest BCUT2D eigenvalue weighted by Gasteiger charge is -1.90. The standard InChI is InChI=1S/C6H3N5/c7-1-5-2-8-3-6-9-4-10-11(5)6/h2-4H. The lowest BCUT2D eigenvalue weighted by molar-refractivity contribution is 0.925. The van der Waals surface area contributed by atoms with Crippen molar-refractivity contribution in [3.05, 3.63) is 24.4 Å². The first-order chi connectivity index (χ1) is 5.42. The van der Waals surface area contributed by atoms with E-state index in [9.17, 15) is 0 Å². The largest absolute Gasteiger partial charge is 0.258 e. The van der Waals surface area contributed by atoms with Crippen LogP contribution in [0.4, 0.5) is 0 Å². The van der Waals surface area contributed by atoms with Crippen molar-refractivity contribution in [3.8, 4) is 6.07 Å². The molecule has 5 heteroatoms. The van der Waals surface area contributed by atoms with Crippen molar-refractivity contribution in [1.82, 2.24) is 19.6 Å². The predicted octanol–water partition coefficient (Wildman–Crippen LogP) is -0.00402. The first-order valence-electron chi connectivity index (χ1n) is 2.95. The van der Waals surface area contributed by atoms with Gasteiger partial charge in [-0.05, 0) is 0 Å². The molecular formula is C6H3N5. The highest BCUT2D eigenvalue weighted by molar-refractivity contribution is 5.36. The molecule has 0 aromatic carbocycles. The third-order valence-corrected chi connectivity index (χ3v) is 1.30. The first kappa shape index (κ1) is 5.80. The molecule has 2 aromatic heterocycles. The number of rotatable bonds is 0. The van der Waals surface area contributed by atoms with Gasteiger partial charge in [-0.25, -0.2) is 9.50 Å². The number of nitriles is 1. The summed E-state index contributed by atoms with van der Waals surface area (Å²) in [5.41, 5.74) is 0.976. The van der Waals surface area contributed by atoms with Crippen LogP contribution in [-0.4, -0.2) is 19.6 Å². The van der Waals surface area contributed by atoms with Crippen LogP contribution >= 0.6 is 0 Å². The normalized spacial score (nSPS) is 9.73. The topological polar surface area (TPSA) is 66.9 Å². The fraction of sp³-hybridized carbons (Fsp3) is 0. The summed E-state index contributed by atoms with van der Waals surface area (Å²) in [5, 5.41) is 12.4. The van der Waals surface area contributed by atoms with E-state index >= 15 is 0 Å². The Morgan fingerprint density at radius 2 is 2.36 bits per heavy atom. The number of aromatic nitrogens is 4. The molecule has 0 aliphatic rings. The van der Waals surface area contributed by atoms with Crippen LogP contribution in [0.1, 0.15) is 5.69 Å². The summed E-state index contributed by atoms with van der Waals surface area (Å²) >= 11 is 0. The third kappa shape index (κ3) is 0.730. The molecule has 0 unspecified atom stereocenters. The highest BCUT2D eigenvalue weighted by Gasteiger charge is 1.99. The van der Waals surface area contributed by atoms with Crippen molar-refractivity contribution in [2.75, 3.05) is 0 Å². The number of nitrogens with zero attached hydrogens (tertiary/aromatic N) is 5. The third-order valence-electron chi connectivity index (χ3n) is 1.30. The van der Waals surface area contributed by atoms with Crippen LogP contribution in [0.25, 0.3) is 5.65 Å². The molecule has 2 heterocycles. The summed E-state index contributed by atoms with van der Waals surface area (Å²) in [6.07, 6.45) is 4.38. The van der Waals surface area contributed by atoms with E-state index in [1.54, 1.807) is 6.20 Å². The summed E-state index contributed by atoms with van der Waals surface area (Å²) in [7, 11) is 0. The highest BCUT2D eigenvalue weighted by Crippen LogP contribution is 1.97. The summed E-state index contributed by atoms with van der Waals surface area (Å²) in [4.78, 5) is 7.68. The van der Waals surface area contributed by atoms with Gasteiger partial charge in [-0.15, -0.1) is 0 Å². The van der Waals surface area contributed by atoms with Crippen LogP contribution in [-0.2, 0) is 0 Å². The smallest absolute Gasteiger partial charge is 0.175 e. The molecular weight excluding hydrogens is 142 g/mol. The van der Waals surface area contributed by atoms with Gasteiger partial charge < -0.3 is 0 Å². The minimum atomic E-state index is 0.389. The Labute approximate surface area is 61.9 Å². The summed E-state index contributed by atoms with van der Waals surface area (Å²) in [6.45, 7) is 0. The van der Waals surface area contributed by atoms with Crippen LogP contribution in [0.5, 0.6) is 0 Å². The Bertz CT molecular complexity index is 424. The van der Waals surface area contributed by atoms with E-state index < -0.39 is 0 Å². The van der Waals surface area contributed by atoms with Crippen LogP contribution in [0.3, 0.4) is 0 Å². The van der Waals surface area contributed by atoms with Crippen molar-refractivity contribution < 1.29 is 0 Å². The van der Waals surface area contributed by atoms with E-state index in [0.717, 1.165) is 0 Å². The molecule has 0 amide bonds. The lowest BCUT2D eigenvalue weighted by Crippen LogP contribution is -1.94. The number of hydrogen-bond acceptors (Lipinski definition) is 4. The van der Waals surface area contributed by atoms with Crippen LogP contribution in [0.2, 0.25) is 0 Å². The van der Waals surface area contributed by atoms with Gasteiger partial charge in [-0.2, -0.15) is 10.4 Å². The second kappa shape index (κ2) is 2.02. The van der Waals surface area contributed by atoms with E-state index in [1.807, 2.05) is 6.07 Å².